The fraction of sp³-hybridized carbons (Fsp3) is 0.600. The smallest absolute Gasteiger partial charge is 0.242 e. The van der Waals surface area contributed by atoms with Crippen molar-refractivity contribution in [3.05, 3.63) is 29.8 Å². The summed E-state index contributed by atoms with van der Waals surface area (Å²) in [6.07, 6.45) is 1.94. The van der Waals surface area contributed by atoms with Crippen LogP contribution < -0.4 is 10.1 Å². The lowest BCUT2D eigenvalue weighted by atomic mass is 10.1. The molecule has 146 valence electrons. The molecule has 0 aliphatic rings. The Hall–Kier alpha value is -2.08. The van der Waals surface area contributed by atoms with E-state index in [1.165, 1.54) is 0 Å². The Balaban J connectivity index is 2.71. The third-order valence-electron chi connectivity index (χ3n) is 4.11. The first-order valence-corrected chi connectivity index (χ1v) is 9.31. The van der Waals surface area contributed by atoms with Crippen molar-refractivity contribution in [2.45, 2.75) is 52.6 Å². The minimum atomic E-state index is -0.525. The largest absolute Gasteiger partial charge is 0.497 e. The van der Waals surface area contributed by atoms with Crippen molar-refractivity contribution >= 4 is 11.8 Å². The maximum Gasteiger partial charge on any atom is 0.242 e. The molecule has 0 bridgehead atoms. The highest BCUT2D eigenvalue weighted by atomic mass is 16.5. The topological polar surface area (TPSA) is 67.9 Å². The summed E-state index contributed by atoms with van der Waals surface area (Å²) in [5.41, 5.74) is 0.964. The summed E-state index contributed by atoms with van der Waals surface area (Å²) < 4.78 is 10.4. The molecule has 0 spiro atoms. The minimum absolute atomic E-state index is 0.0136. The van der Waals surface area contributed by atoms with Crippen LogP contribution in [0.1, 0.15) is 45.6 Å². The molecule has 2 amide bonds. The summed E-state index contributed by atoms with van der Waals surface area (Å²) >= 11 is 0. The third kappa shape index (κ3) is 7.44. The van der Waals surface area contributed by atoms with E-state index in [0.29, 0.717) is 32.7 Å². The van der Waals surface area contributed by atoms with Gasteiger partial charge in [-0.05, 0) is 44.4 Å². The van der Waals surface area contributed by atoms with Gasteiger partial charge in [0, 0.05) is 32.7 Å². The number of methoxy groups -OCH3 is 1. The Bertz CT molecular complexity index is 545. The first-order chi connectivity index (χ1) is 12.5. The normalized spacial score (nSPS) is 11.7. The number of nitrogens with one attached hydrogen (secondary N) is 1. The van der Waals surface area contributed by atoms with Gasteiger partial charge in [0.05, 0.1) is 7.11 Å². The number of ether oxygens (including phenoxy) is 2. The fourth-order valence-electron chi connectivity index (χ4n) is 2.55. The van der Waals surface area contributed by atoms with Crippen LogP contribution in [0.4, 0.5) is 0 Å². The van der Waals surface area contributed by atoms with E-state index >= 15 is 0 Å². The SMILES string of the molecule is CCCC(=O)N(Cc1ccc(OC)cc1)[C@@H](C)C(=O)NCCCOCC. The van der Waals surface area contributed by atoms with Gasteiger partial charge < -0.3 is 19.7 Å². The van der Waals surface area contributed by atoms with Gasteiger partial charge in [0.1, 0.15) is 11.8 Å². The Labute approximate surface area is 156 Å². The van der Waals surface area contributed by atoms with E-state index in [4.69, 9.17) is 9.47 Å². The molecule has 0 radical (unpaired) electrons. The van der Waals surface area contributed by atoms with Crippen LogP contribution in [0.15, 0.2) is 24.3 Å². The van der Waals surface area contributed by atoms with Gasteiger partial charge in [-0.25, -0.2) is 0 Å². The van der Waals surface area contributed by atoms with E-state index in [0.717, 1.165) is 24.2 Å². The summed E-state index contributed by atoms with van der Waals surface area (Å²) in [5.74, 6) is 0.611. The minimum Gasteiger partial charge on any atom is -0.497 e. The zero-order chi connectivity index (χ0) is 19.4. The van der Waals surface area contributed by atoms with Crippen molar-refractivity contribution in [3.63, 3.8) is 0 Å². The Morgan fingerprint density at radius 2 is 1.88 bits per heavy atom. The van der Waals surface area contributed by atoms with E-state index < -0.39 is 6.04 Å². The molecule has 0 aliphatic carbocycles. The molecule has 6 nitrogen and oxygen atoms in total. The average Bonchev–Trinajstić information content (AvgIpc) is 2.65. The average molecular weight is 364 g/mol. The Kier molecular flexibility index (Phi) is 10.4. The zero-order valence-corrected chi connectivity index (χ0v) is 16.4. The Morgan fingerprint density at radius 1 is 1.19 bits per heavy atom. The van der Waals surface area contributed by atoms with Gasteiger partial charge in [0.2, 0.25) is 11.8 Å². The molecule has 0 aliphatic heterocycles. The van der Waals surface area contributed by atoms with E-state index in [1.54, 1.807) is 18.9 Å². The van der Waals surface area contributed by atoms with E-state index in [1.807, 2.05) is 38.1 Å². The van der Waals surface area contributed by atoms with Crippen LogP contribution in [-0.2, 0) is 20.9 Å². The zero-order valence-electron chi connectivity index (χ0n) is 16.4. The molecule has 1 N–H and O–H groups in total. The molecule has 0 unspecified atom stereocenters. The Morgan fingerprint density at radius 3 is 2.46 bits per heavy atom. The summed E-state index contributed by atoms with van der Waals surface area (Å²) in [6.45, 7) is 7.91. The molecule has 6 heteroatoms. The lowest BCUT2D eigenvalue weighted by Crippen LogP contribution is -2.47. The molecular formula is C20H32N2O4. The lowest BCUT2D eigenvalue weighted by Gasteiger charge is -2.29. The van der Waals surface area contributed by atoms with Gasteiger partial charge in [-0.1, -0.05) is 19.1 Å². The summed E-state index contributed by atoms with van der Waals surface area (Å²) in [5, 5.41) is 2.89. The van der Waals surface area contributed by atoms with Crippen LogP contribution in [0.5, 0.6) is 5.75 Å². The quantitative estimate of drug-likeness (QED) is 0.579. The van der Waals surface area contributed by atoms with Crippen LogP contribution in [0.2, 0.25) is 0 Å². The molecule has 1 aromatic carbocycles. The molecule has 0 saturated heterocycles. The number of benzene rings is 1. The van der Waals surface area contributed by atoms with Gasteiger partial charge in [0.25, 0.3) is 0 Å². The number of hydrogen-bond donors (Lipinski definition) is 1. The maximum atomic E-state index is 12.5. The van der Waals surface area contributed by atoms with Crippen molar-refractivity contribution in [2.24, 2.45) is 0 Å². The van der Waals surface area contributed by atoms with Crippen molar-refractivity contribution in [3.8, 4) is 5.75 Å². The van der Waals surface area contributed by atoms with Gasteiger partial charge in [-0.15, -0.1) is 0 Å². The number of nitrogens with zero attached hydrogens (tertiary/aromatic N) is 1. The highest BCUT2D eigenvalue weighted by Gasteiger charge is 2.25. The molecule has 0 aromatic heterocycles. The number of carbonyl (C=O) groups excluding carboxylic acids is 2. The van der Waals surface area contributed by atoms with Gasteiger partial charge in [0.15, 0.2) is 0 Å². The highest BCUT2D eigenvalue weighted by Crippen LogP contribution is 2.15. The molecule has 1 aromatic rings. The predicted octanol–water partition coefficient (Wildman–Crippen LogP) is 2.76. The number of hydrogen-bond acceptors (Lipinski definition) is 4. The number of rotatable bonds is 12. The first-order valence-electron chi connectivity index (χ1n) is 9.31. The van der Waals surface area contributed by atoms with Crippen molar-refractivity contribution < 1.29 is 19.1 Å². The molecule has 1 atom stereocenters. The summed E-state index contributed by atoms with van der Waals surface area (Å²) in [4.78, 5) is 26.6. The van der Waals surface area contributed by atoms with Crippen LogP contribution in [0, 0.1) is 0 Å². The van der Waals surface area contributed by atoms with E-state index in [2.05, 4.69) is 5.32 Å². The molecule has 26 heavy (non-hydrogen) atoms. The number of amides is 2. The van der Waals surface area contributed by atoms with Crippen molar-refractivity contribution in [1.82, 2.24) is 10.2 Å². The van der Waals surface area contributed by atoms with Crippen molar-refractivity contribution in [1.29, 1.82) is 0 Å². The maximum absolute atomic E-state index is 12.5. The second-order valence-electron chi connectivity index (χ2n) is 6.14. The lowest BCUT2D eigenvalue weighted by molar-refractivity contribution is -0.140. The monoisotopic (exact) mass is 364 g/mol. The van der Waals surface area contributed by atoms with Gasteiger partial charge in [-0.2, -0.15) is 0 Å². The molecular weight excluding hydrogens is 332 g/mol. The van der Waals surface area contributed by atoms with Crippen molar-refractivity contribution in [2.75, 3.05) is 26.9 Å². The highest BCUT2D eigenvalue weighted by molar-refractivity contribution is 5.87. The van der Waals surface area contributed by atoms with Crippen LogP contribution in [-0.4, -0.2) is 49.6 Å². The van der Waals surface area contributed by atoms with E-state index in [-0.39, 0.29) is 11.8 Å². The number of carbonyl (C=O) groups is 2. The van der Waals surface area contributed by atoms with Crippen LogP contribution in [0.3, 0.4) is 0 Å². The fourth-order valence-corrected chi connectivity index (χ4v) is 2.55. The predicted molar refractivity (Wildman–Crippen MR) is 102 cm³/mol. The molecule has 0 saturated carbocycles. The second-order valence-corrected chi connectivity index (χ2v) is 6.14. The van der Waals surface area contributed by atoms with E-state index in [9.17, 15) is 9.59 Å². The molecule has 0 fully saturated rings. The first kappa shape index (κ1) is 22.0. The summed E-state index contributed by atoms with van der Waals surface area (Å²) in [7, 11) is 1.62. The van der Waals surface area contributed by atoms with Crippen LogP contribution >= 0.6 is 0 Å². The molecule has 1 rings (SSSR count). The van der Waals surface area contributed by atoms with Gasteiger partial charge in [-0.3, -0.25) is 9.59 Å². The summed E-state index contributed by atoms with van der Waals surface area (Å²) in [6, 6.07) is 7.02. The second kappa shape index (κ2) is 12.3. The molecule has 0 heterocycles. The standard InChI is InChI=1S/C20H32N2O4/c1-5-8-19(23)22(15-17-9-11-18(25-4)12-10-17)16(3)20(24)21-13-7-14-26-6-2/h9-12,16H,5-8,13-15H2,1-4H3,(H,21,24)/t16-/m0/s1. The third-order valence-corrected chi connectivity index (χ3v) is 4.11. The van der Waals surface area contributed by atoms with Crippen LogP contribution in [0.25, 0.3) is 0 Å². The van der Waals surface area contributed by atoms with Gasteiger partial charge >= 0.3 is 0 Å².